The summed E-state index contributed by atoms with van der Waals surface area (Å²) in [6, 6.07) is 7.36. The molecule has 5 rings (SSSR count). The highest BCUT2D eigenvalue weighted by atomic mass is 19.4. The van der Waals surface area contributed by atoms with Gasteiger partial charge in [0.15, 0.2) is 11.6 Å². The van der Waals surface area contributed by atoms with Crippen LogP contribution >= 0.6 is 0 Å². The fourth-order valence-corrected chi connectivity index (χ4v) is 4.14. The van der Waals surface area contributed by atoms with E-state index in [0.29, 0.717) is 23.4 Å². The maximum absolute atomic E-state index is 14.8. The third kappa shape index (κ3) is 4.95. The molecule has 37 heavy (non-hydrogen) atoms. The van der Waals surface area contributed by atoms with E-state index < -0.39 is 23.3 Å². The largest absolute Gasteiger partial charge is 0.401 e. The number of halogens is 4. The van der Waals surface area contributed by atoms with E-state index in [1.54, 1.807) is 24.7 Å². The first-order valence-electron chi connectivity index (χ1n) is 11.6. The van der Waals surface area contributed by atoms with Gasteiger partial charge in [0.2, 0.25) is 5.91 Å². The zero-order chi connectivity index (χ0) is 26.2. The quantitative estimate of drug-likeness (QED) is 0.338. The van der Waals surface area contributed by atoms with Crippen LogP contribution in [0.4, 0.5) is 23.4 Å². The minimum Gasteiger partial charge on any atom is -0.358 e. The van der Waals surface area contributed by atoms with Crippen molar-refractivity contribution >= 4 is 11.7 Å². The topological polar surface area (TPSA) is 98.7 Å². The number of nitrogens with zero attached hydrogens (tertiary/aromatic N) is 5. The van der Waals surface area contributed by atoms with Gasteiger partial charge in [0.25, 0.3) is 0 Å². The van der Waals surface area contributed by atoms with Gasteiger partial charge in [0, 0.05) is 48.9 Å². The van der Waals surface area contributed by atoms with E-state index in [1.165, 1.54) is 12.1 Å². The van der Waals surface area contributed by atoms with Crippen LogP contribution in [0.2, 0.25) is 0 Å². The Bertz CT molecular complexity index is 1420. The van der Waals surface area contributed by atoms with E-state index in [4.69, 9.17) is 4.52 Å². The van der Waals surface area contributed by atoms with Crippen molar-refractivity contribution < 1.29 is 26.9 Å². The number of hydrogen-bond acceptors (Lipinski definition) is 6. The van der Waals surface area contributed by atoms with Crippen LogP contribution in [0.15, 0.2) is 53.4 Å². The molecule has 3 heterocycles. The molecule has 1 fully saturated rings. The molecule has 0 atom stereocenters. The van der Waals surface area contributed by atoms with Crippen molar-refractivity contribution in [3.63, 3.8) is 0 Å². The van der Waals surface area contributed by atoms with Crippen molar-refractivity contribution in [2.24, 2.45) is 0 Å². The summed E-state index contributed by atoms with van der Waals surface area (Å²) in [5.41, 5.74) is 0.207. The number of anilines is 1. The molecule has 0 spiro atoms. The average molecular weight is 514 g/mol. The number of aromatic nitrogens is 5. The van der Waals surface area contributed by atoms with Gasteiger partial charge in [-0.05, 0) is 43.0 Å². The average Bonchev–Trinajstić information content (AvgIpc) is 3.37. The van der Waals surface area contributed by atoms with Crippen molar-refractivity contribution in [2.45, 2.75) is 50.7 Å². The van der Waals surface area contributed by atoms with Crippen LogP contribution in [0.25, 0.3) is 11.1 Å². The summed E-state index contributed by atoms with van der Waals surface area (Å²) in [6.45, 7) is 2.73. The number of carbonyl (C=O) groups is 1. The lowest BCUT2D eigenvalue weighted by Crippen LogP contribution is -2.28. The molecule has 8 nitrogen and oxygen atoms in total. The second kappa shape index (κ2) is 9.41. The fraction of sp³-hybridized carbons (Fsp3) is 0.320. The number of amides is 1. The zero-order valence-corrected chi connectivity index (χ0v) is 19.7. The molecular formula is C25H22F4N6O2. The lowest BCUT2D eigenvalue weighted by molar-refractivity contribution is -0.165. The molecule has 1 aliphatic carbocycles. The van der Waals surface area contributed by atoms with Crippen LogP contribution in [0.1, 0.15) is 42.6 Å². The molecule has 4 aromatic rings. The molecule has 0 saturated heterocycles. The van der Waals surface area contributed by atoms with E-state index in [9.17, 15) is 22.4 Å². The maximum Gasteiger partial charge on any atom is 0.401 e. The van der Waals surface area contributed by atoms with Gasteiger partial charge in [-0.2, -0.15) is 18.3 Å². The lowest BCUT2D eigenvalue weighted by Gasteiger charge is -2.14. The van der Waals surface area contributed by atoms with E-state index in [1.807, 2.05) is 17.7 Å². The Hall–Kier alpha value is -4.09. The number of hydrogen-bond donors (Lipinski definition) is 1. The highest BCUT2D eigenvalue weighted by molar-refractivity contribution is 5.91. The van der Waals surface area contributed by atoms with Crippen molar-refractivity contribution in [3.05, 3.63) is 77.6 Å². The Kier molecular flexibility index (Phi) is 6.26. The van der Waals surface area contributed by atoms with E-state index >= 15 is 0 Å². The third-order valence-electron chi connectivity index (χ3n) is 6.43. The summed E-state index contributed by atoms with van der Waals surface area (Å²) in [5.74, 6) is -1.13. The molecule has 3 aromatic heterocycles. The van der Waals surface area contributed by atoms with Gasteiger partial charge in [-0.15, -0.1) is 0 Å². The van der Waals surface area contributed by atoms with E-state index in [2.05, 4.69) is 25.5 Å². The van der Waals surface area contributed by atoms with E-state index in [0.717, 1.165) is 18.3 Å². The first kappa shape index (κ1) is 24.6. The molecule has 0 unspecified atom stereocenters. The first-order chi connectivity index (χ1) is 17.7. The minimum atomic E-state index is -4.46. The van der Waals surface area contributed by atoms with Gasteiger partial charge < -0.3 is 9.84 Å². The van der Waals surface area contributed by atoms with Crippen LogP contribution in [-0.4, -0.2) is 37.0 Å². The molecule has 192 valence electrons. The van der Waals surface area contributed by atoms with Crippen molar-refractivity contribution in [1.82, 2.24) is 24.9 Å². The molecule has 1 N–H and O–H groups in total. The number of aryl methyl sites for hydroxylation is 1. The second-order valence-corrected chi connectivity index (χ2v) is 8.89. The molecule has 1 aliphatic rings. The summed E-state index contributed by atoms with van der Waals surface area (Å²) < 4.78 is 61.2. The molecule has 12 heteroatoms. The van der Waals surface area contributed by atoms with Gasteiger partial charge in [-0.1, -0.05) is 17.3 Å². The molecule has 0 radical (unpaired) electrons. The smallest absolute Gasteiger partial charge is 0.358 e. The van der Waals surface area contributed by atoms with Crippen molar-refractivity contribution in [2.75, 3.05) is 5.32 Å². The van der Waals surface area contributed by atoms with E-state index in [-0.39, 0.29) is 36.4 Å². The van der Waals surface area contributed by atoms with Crippen molar-refractivity contribution in [3.8, 4) is 11.1 Å². The number of benzene rings is 1. The Morgan fingerprint density at radius 2 is 1.89 bits per heavy atom. The number of rotatable bonds is 8. The minimum absolute atomic E-state index is 0.0884. The van der Waals surface area contributed by atoms with Gasteiger partial charge in [-0.3, -0.25) is 9.48 Å². The van der Waals surface area contributed by atoms with Crippen LogP contribution in [-0.2, 0) is 29.6 Å². The monoisotopic (exact) mass is 514 g/mol. The summed E-state index contributed by atoms with van der Waals surface area (Å²) in [6.07, 6.45) is 0.474. The van der Waals surface area contributed by atoms with Crippen LogP contribution in [0.3, 0.4) is 0 Å². The standard InChI is InChI=1S/C25H22F4N6O2/c1-2-35-18(5-8-32-35)11-21-30-13-17(14-31-21)15-3-4-16(19(26)9-15)10-23(36)33-22-12-20(37-34-22)24(6-7-24)25(27,28)29/h3-5,8-9,12-14H,2,6-7,10-11H2,1H3,(H,33,34,36). The SMILES string of the molecule is CCn1nccc1Cc1ncc(-c2ccc(CC(=O)Nc3cc(C4(C(F)(F)F)CC4)on3)c(F)c2)cn1. The van der Waals surface area contributed by atoms with Crippen LogP contribution in [0, 0.1) is 5.82 Å². The Balaban J connectivity index is 1.22. The number of alkyl halides is 3. The highest BCUT2D eigenvalue weighted by Gasteiger charge is 2.66. The Morgan fingerprint density at radius 3 is 2.54 bits per heavy atom. The summed E-state index contributed by atoms with van der Waals surface area (Å²) >= 11 is 0. The normalized spacial score (nSPS) is 14.5. The predicted octanol–water partition coefficient (Wildman–Crippen LogP) is 4.85. The van der Waals surface area contributed by atoms with Crippen LogP contribution < -0.4 is 5.32 Å². The molecule has 1 amide bonds. The van der Waals surface area contributed by atoms with Crippen LogP contribution in [0.5, 0.6) is 0 Å². The maximum atomic E-state index is 14.8. The summed E-state index contributed by atoms with van der Waals surface area (Å²) in [4.78, 5) is 21.1. The van der Waals surface area contributed by atoms with Gasteiger partial charge in [0.1, 0.15) is 17.1 Å². The first-order valence-corrected chi connectivity index (χ1v) is 11.6. The van der Waals surface area contributed by atoms with Gasteiger partial charge in [0.05, 0.1) is 6.42 Å². The number of carbonyl (C=O) groups excluding carboxylic acids is 1. The predicted molar refractivity (Wildman–Crippen MR) is 124 cm³/mol. The van der Waals surface area contributed by atoms with Gasteiger partial charge >= 0.3 is 6.18 Å². The molecule has 0 bridgehead atoms. The molecular weight excluding hydrogens is 492 g/mol. The molecule has 1 saturated carbocycles. The molecule has 0 aliphatic heterocycles. The second-order valence-electron chi connectivity index (χ2n) is 8.89. The fourth-order valence-electron chi connectivity index (χ4n) is 4.14. The zero-order valence-electron chi connectivity index (χ0n) is 19.7. The van der Waals surface area contributed by atoms with Crippen molar-refractivity contribution in [1.29, 1.82) is 0 Å². The Labute approximate surface area is 208 Å². The number of nitrogens with one attached hydrogen (secondary N) is 1. The summed E-state index contributed by atoms with van der Waals surface area (Å²) in [5, 5.41) is 10.1. The third-order valence-corrected chi connectivity index (χ3v) is 6.43. The Morgan fingerprint density at radius 1 is 1.14 bits per heavy atom. The highest BCUT2D eigenvalue weighted by Crippen LogP contribution is 2.59. The lowest BCUT2D eigenvalue weighted by atomic mass is 10.0. The van der Waals surface area contributed by atoms with Gasteiger partial charge in [-0.25, -0.2) is 14.4 Å². The summed E-state index contributed by atoms with van der Waals surface area (Å²) in [7, 11) is 0. The molecule has 1 aromatic carbocycles.